The van der Waals surface area contributed by atoms with E-state index in [-0.39, 0.29) is 5.75 Å². The summed E-state index contributed by atoms with van der Waals surface area (Å²) in [6.45, 7) is 1.38. The van der Waals surface area contributed by atoms with Crippen molar-refractivity contribution in [2.75, 3.05) is 11.6 Å². The molecule has 1 aliphatic heterocycles. The number of benzene rings is 2. The number of para-hydroxylation sites is 1. The van der Waals surface area contributed by atoms with Crippen LogP contribution in [0.25, 0.3) is 0 Å². The molecule has 3 rings (SSSR count). The van der Waals surface area contributed by atoms with Crippen molar-refractivity contribution in [2.45, 2.75) is 6.54 Å². The first-order valence-electron chi connectivity index (χ1n) is 5.57. The third-order valence-corrected chi connectivity index (χ3v) is 2.92. The topological polar surface area (TPSA) is 32.7 Å². The van der Waals surface area contributed by atoms with Crippen LogP contribution in [-0.2, 0) is 6.54 Å². The predicted molar refractivity (Wildman–Crippen MR) is 66.2 cm³/mol. The maximum absolute atomic E-state index is 9.26. The molecule has 2 aromatic carbocycles. The second-order valence-corrected chi connectivity index (χ2v) is 4.10. The Hall–Kier alpha value is -2.16. The number of ether oxygens (including phenoxy) is 1. The van der Waals surface area contributed by atoms with E-state index in [9.17, 15) is 5.11 Å². The summed E-state index contributed by atoms with van der Waals surface area (Å²) >= 11 is 0. The summed E-state index contributed by atoms with van der Waals surface area (Å²) in [4.78, 5) is 2.13. The molecule has 0 amide bonds. The minimum atomic E-state index is 0.284. The molecule has 0 radical (unpaired) electrons. The molecule has 0 saturated heterocycles. The molecule has 0 aliphatic carbocycles. The van der Waals surface area contributed by atoms with Crippen LogP contribution < -0.4 is 9.64 Å². The summed E-state index contributed by atoms with van der Waals surface area (Å²) < 4.78 is 5.68. The molecular formula is C14H13NO2. The summed E-state index contributed by atoms with van der Waals surface area (Å²) in [5.74, 6) is 1.25. The van der Waals surface area contributed by atoms with E-state index in [1.165, 1.54) is 5.56 Å². The molecule has 0 spiro atoms. The van der Waals surface area contributed by atoms with Crippen molar-refractivity contribution in [1.29, 1.82) is 0 Å². The molecule has 0 fully saturated rings. The minimum absolute atomic E-state index is 0.284. The third-order valence-electron chi connectivity index (χ3n) is 2.92. The fourth-order valence-electron chi connectivity index (χ4n) is 2.00. The molecule has 3 nitrogen and oxygen atoms in total. The first-order valence-corrected chi connectivity index (χ1v) is 5.57. The van der Waals surface area contributed by atoms with Crippen LogP contribution in [0.1, 0.15) is 5.56 Å². The van der Waals surface area contributed by atoms with Crippen LogP contribution in [-0.4, -0.2) is 11.8 Å². The Kier molecular flexibility index (Phi) is 2.37. The first-order chi connectivity index (χ1) is 8.33. The lowest BCUT2D eigenvalue weighted by atomic mass is 10.1. The minimum Gasteiger partial charge on any atom is -0.508 e. The van der Waals surface area contributed by atoms with E-state index in [4.69, 9.17) is 4.74 Å². The van der Waals surface area contributed by atoms with Gasteiger partial charge in [-0.25, -0.2) is 0 Å². The van der Waals surface area contributed by atoms with E-state index >= 15 is 0 Å². The van der Waals surface area contributed by atoms with Crippen molar-refractivity contribution >= 4 is 5.69 Å². The molecule has 3 heteroatoms. The summed E-state index contributed by atoms with van der Waals surface area (Å²) in [5, 5.41) is 9.26. The Bertz CT molecular complexity index is 522. The monoisotopic (exact) mass is 227 g/mol. The molecule has 0 unspecified atom stereocenters. The number of phenols is 1. The molecule has 1 N–H and O–H groups in total. The molecule has 0 saturated carbocycles. The normalized spacial score (nSPS) is 14.0. The van der Waals surface area contributed by atoms with Crippen LogP contribution in [0.15, 0.2) is 48.5 Å². The lowest BCUT2D eigenvalue weighted by molar-refractivity contribution is 0.289. The van der Waals surface area contributed by atoms with E-state index < -0.39 is 0 Å². The standard InChI is InChI=1S/C14H13NO2/c16-13-7-5-12(6-8-13)15-9-11-3-1-2-4-14(11)17-10-15/h1-8,16H,9-10H2. The molecule has 17 heavy (non-hydrogen) atoms. The molecule has 1 aliphatic rings. The van der Waals surface area contributed by atoms with Crippen LogP contribution in [0.4, 0.5) is 5.69 Å². The number of aromatic hydroxyl groups is 1. The third kappa shape index (κ3) is 1.91. The van der Waals surface area contributed by atoms with Crippen LogP contribution in [0.3, 0.4) is 0 Å². The second kappa shape index (κ2) is 4.01. The van der Waals surface area contributed by atoms with Crippen molar-refractivity contribution in [3.63, 3.8) is 0 Å². The molecule has 0 aromatic heterocycles. The average molecular weight is 227 g/mol. The van der Waals surface area contributed by atoms with Gasteiger partial charge in [0.2, 0.25) is 0 Å². The highest BCUT2D eigenvalue weighted by Crippen LogP contribution is 2.28. The lowest BCUT2D eigenvalue weighted by Gasteiger charge is -2.30. The lowest BCUT2D eigenvalue weighted by Crippen LogP contribution is -2.31. The zero-order valence-corrected chi connectivity index (χ0v) is 9.34. The Morgan fingerprint density at radius 2 is 1.76 bits per heavy atom. The maximum Gasteiger partial charge on any atom is 0.161 e. The number of rotatable bonds is 1. The van der Waals surface area contributed by atoms with Gasteiger partial charge < -0.3 is 14.7 Å². The zero-order chi connectivity index (χ0) is 11.7. The quantitative estimate of drug-likeness (QED) is 0.813. The number of hydrogen-bond donors (Lipinski definition) is 1. The van der Waals surface area contributed by atoms with Gasteiger partial charge in [0.05, 0.1) is 0 Å². The van der Waals surface area contributed by atoms with E-state index in [0.29, 0.717) is 6.73 Å². The van der Waals surface area contributed by atoms with E-state index in [0.717, 1.165) is 18.0 Å². The summed E-state index contributed by atoms with van der Waals surface area (Å²) in [6, 6.07) is 15.2. The van der Waals surface area contributed by atoms with Crippen LogP contribution in [0.5, 0.6) is 11.5 Å². The maximum atomic E-state index is 9.26. The Morgan fingerprint density at radius 3 is 2.59 bits per heavy atom. The predicted octanol–water partition coefficient (Wildman–Crippen LogP) is 2.75. The van der Waals surface area contributed by atoms with Gasteiger partial charge in [-0.3, -0.25) is 0 Å². The van der Waals surface area contributed by atoms with Gasteiger partial charge in [-0.1, -0.05) is 18.2 Å². The highest BCUT2D eigenvalue weighted by atomic mass is 16.5. The number of hydrogen-bond acceptors (Lipinski definition) is 3. The van der Waals surface area contributed by atoms with Crippen LogP contribution >= 0.6 is 0 Å². The fourth-order valence-corrected chi connectivity index (χ4v) is 2.00. The first kappa shape index (κ1) is 10.0. The van der Waals surface area contributed by atoms with E-state index in [1.807, 2.05) is 30.3 Å². The van der Waals surface area contributed by atoms with Crippen molar-refractivity contribution in [3.05, 3.63) is 54.1 Å². The highest BCUT2D eigenvalue weighted by Gasteiger charge is 2.16. The number of fused-ring (bicyclic) bond motifs is 1. The van der Waals surface area contributed by atoms with Gasteiger partial charge in [-0.05, 0) is 30.3 Å². The average Bonchev–Trinajstić information content (AvgIpc) is 2.39. The molecule has 0 bridgehead atoms. The Balaban J connectivity index is 1.86. The second-order valence-electron chi connectivity index (χ2n) is 4.10. The molecule has 2 aromatic rings. The van der Waals surface area contributed by atoms with Crippen LogP contribution in [0.2, 0.25) is 0 Å². The summed E-state index contributed by atoms with van der Waals surface area (Å²) in [6.07, 6.45) is 0. The largest absolute Gasteiger partial charge is 0.508 e. The SMILES string of the molecule is Oc1ccc(N2COc3ccccc3C2)cc1. The Labute approximate surface area is 99.9 Å². The summed E-state index contributed by atoms with van der Waals surface area (Å²) in [5.41, 5.74) is 2.24. The van der Waals surface area contributed by atoms with Gasteiger partial charge in [0.25, 0.3) is 0 Å². The van der Waals surface area contributed by atoms with Gasteiger partial charge in [-0.15, -0.1) is 0 Å². The number of anilines is 1. The Morgan fingerprint density at radius 1 is 1.00 bits per heavy atom. The highest BCUT2D eigenvalue weighted by molar-refractivity contribution is 5.51. The van der Waals surface area contributed by atoms with Crippen molar-refractivity contribution < 1.29 is 9.84 Å². The van der Waals surface area contributed by atoms with E-state index in [2.05, 4.69) is 11.0 Å². The van der Waals surface area contributed by atoms with Gasteiger partial charge in [-0.2, -0.15) is 0 Å². The van der Waals surface area contributed by atoms with Crippen LogP contribution in [0, 0.1) is 0 Å². The van der Waals surface area contributed by atoms with Gasteiger partial charge in [0.1, 0.15) is 11.5 Å². The number of phenolic OH excluding ortho intramolecular Hbond substituents is 1. The van der Waals surface area contributed by atoms with E-state index in [1.54, 1.807) is 12.1 Å². The smallest absolute Gasteiger partial charge is 0.161 e. The van der Waals surface area contributed by atoms with Gasteiger partial charge >= 0.3 is 0 Å². The van der Waals surface area contributed by atoms with Gasteiger partial charge in [0, 0.05) is 17.8 Å². The van der Waals surface area contributed by atoms with Gasteiger partial charge in [0.15, 0.2) is 6.73 Å². The molecule has 1 heterocycles. The molecular weight excluding hydrogens is 214 g/mol. The summed E-state index contributed by atoms with van der Waals surface area (Å²) in [7, 11) is 0. The van der Waals surface area contributed by atoms with Crippen molar-refractivity contribution in [1.82, 2.24) is 0 Å². The fraction of sp³-hybridized carbons (Fsp3) is 0.143. The van der Waals surface area contributed by atoms with Crippen molar-refractivity contribution in [3.8, 4) is 11.5 Å². The zero-order valence-electron chi connectivity index (χ0n) is 9.34. The number of nitrogens with zero attached hydrogens (tertiary/aromatic N) is 1. The molecule has 0 atom stereocenters. The molecule has 86 valence electrons. The van der Waals surface area contributed by atoms with Crippen molar-refractivity contribution in [2.24, 2.45) is 0 Å².